The number of hydrogen-bond donors (Lipinski definition) is 1. The first-order chi connectivity index (χ1) is 18.0. The molecule has 0 radical (unpaired) electrons. The summed E-state index contributed by atoms with van der Waals surface area (Å²) in [4.78, 5) is 33.8. The van der Waals surface area contributed by atoms with E-state index < -0.39 is 18.1 Å². The van der Waals surface area contributed by atoms with Gasteiger partial charge in [-0.05, 0) is 43.7 Å². The predicted molar refractivity (Wildman–Crippen MR) is 145 cm³/mol. The minimum Gasteiger partial charge on any atom is -0.492 e. The Morgan fingerprint density at radius 2 is 1.70 bits per heavy atom. The Morgan fingerprint density at radius 3 is 2.43 bits per heavy atom. The lowest BCUT2D eigenvalue weighted by molar-refractivity contribution is 0.0885. The van der Waals surface area contributed by atoms with E-state index in [2.05, 4.69) is 5.32 Å². The summed E-state index contributed by atoms with van der Waals surface area (Å²) in [6.07, 6.45) is 0. The molecule has 0 saturated carbocycles. The molecule has 0 fully saturated rings. The van der Waals surface area contributed by atoms with Gasteiger partial charge in [0, 0.05) is 14.2 Å². The molecule has 0 spiro atoms. The number of aromatic nitrogens is 2. The summed E-state index contributed by atoms with van der Waals surface area (Å²) in [7, 11) is 3.31. The van der Waals surface area contributed by atoms with Crippen molar-refractivity contribution in [2.45, 2.75) is 25.9 Å². The fourth-order valence-electron chi connectivity index (χ4n) is 4.49. The Labute approximate surface area is 216 Å². The lowest BCUT2D eigenvalue weighted by atomic mass is 10.0. The Balaban J connectivity index is 1.83. The first-order valence-corrected chi connectivity index (χ1v) is 12.3. The third-order valence-electron chi connectivity index (χ3n) is 6.33. The van der Waals surface area contributed by atoms with Crippen LogP contribution in [0, 0.1) is 0 Å². The Bertz CT molecular complexity index is 1420. The van der Waals surface area contributed by atoms with E-state index >= 15 is 0 Å². The van der Waals surface area contributed by atoms with Gasteiger partial charge in [-0.3, -0.25) is 4.79 Å². The van der Waals surface area contributed by atoms with Gasteiger partial charge in [-0.25, -0.2) is 9.78 Å². The fourth-order valence-corrected chi connectivity index (χ4v) is 4.49. The fraction of sp³-hybridized carbons (Fsp3) is 0.276. The van der Waals surface area contributed by atoms with Crippen LogP contribution >= 0.6 is 0 Å². The molecule has 4 rings (SSSR count). The van der Waals surface area contributed by atoms with Gasteiger partial charge in [0.2, 0.25) is 0 Å². The van der Waals surface area contributed by atoms with Crippen molar-refractivity contribution in [3.63, 3.8) is 0 Å². The molecule has 0 aliphatic heterocycles. The molecule has 1 heterocycles. The third-order valence-corrected chi connectivity index (χ3v) is 6.33. The van der Waals surface area contributed by atoms with Crippen molar-refractivity contribution >= 4 is 22.8 Å². The lowest BCUT2D eigenvalue weighted by Crippen LogP contribution is -2.44. The SMILES string of the molecule is CCOc1ccccc1NC(=O)N([C@H](C)c1nc2ccccc2n(C)c1=O)[C@H](COC)c1ccccc1. The molecule has 4 aromatic rings. The van der Waals surface area contributed by atoms with E-state index in [1.807, 2.05) is 80.6 Å². The van der Waals surface area contributed by atoms with E-state index in [-0.39, 0.29) is 17.9 Å². The number of para-hydroxylation sites is 4. The smallest absolute Gasteiger partial charge is 0.323 e. The summed E-state index contributed by atoms with van der Waals surface area (Å²) in [5.41, 5.74) is 2.82. The number of methoxy groups -OCH3 is 1. The van der Waals surface area contributed by atoms with Crippen LogP contribution in [0.2, 0.25) is 0 Å². The zero-order chi connectivity index (χ0) is 26.4. The first-order valence-electron chi connectivity index (χ1n) is 12.3. The molecule has 37 heavy (non-hydrogen) atoms. The zero-order valence-corrected chi connectivity index (χ0v) is 21.5. The second-order valence-corrected chi connectivity index (χ2v) is 8.67. The highest BCUT2D eigenvalue weighted by molar-refractivity contribution is 5.91. The van der Waals surface area contributed by atoms with Crippen molar-refractivity contribution in [1.82, 2.24) is 14.5 Å². The summed E-state index contributed by atoms with van der Waals surface area (Å²) in [5, 5.41) is 3.00. The molecule has 0 saturated heterocycles. The van der Waals surface area contributed by atoms with Crippen LogP contribution in [0.4, 0.5) is 10.5 Å². The third kappa shape index (κ3) is 5.49. The first kappa shape index (κ1) is 25.9. The lowest BCUT2D eigenvalue weighted by Gasteiger charge is -2.36. The number of benzene rings is 3. The maximum absolute atomic E-state index is 14.0. The maximum Gasteiger partial charge on any atom is 0.323 e. The standard InChI is InChI=1S/C29H32N4O4/c1-5-37-26-18-12-10-16-23(26)31-29(35)33(25(19-36-4)21-13-7-6-8-14-21)20(2)27-28(34)32(3)24-17-11-9-15-22(24)30-27/h6-18,20,25H,5,19H2,1-4H3,(H,31,35)/t20-,25-/m1/s1. The maximum atomic E-state index is 14.0. The number of nitrogens with zero attached hydrogens (tertiary/aromatic N) is 3. The Hall–Kier alpha value is -4.17. The summed E-state index contributed by atoms with van der Waals surface area (Å²) >= 11 is 0. The largest absolute Gasteiger partial charge is 0.492 e. The monoisotopic (exact) mass is 500 g/mol. The van der Waals surface area contributed by atoms with Crippen molar-refractivity contribution in [3.8, 4) is 5.75 Å². The van der Waals surface area contributed by atoms with Gasteiger partial charge in [0.15, 0.2) is 0 Å². The van der Waals surface area contributed by atoms with Gasteiger partial charge in [-0.15, -0.1) is 0 Å². The van der Waals surface area contributed by atoms with Crippen LogP contribution in [0.15, 0.2) is 83.7 Å². The minimum absolute atomic E-state index is 0.225. The number of ether oxygens (including phenoxy) is 2. The molecule has 8 nitrogen and oxygen atoms in total. The molecule has 0 aliphatic rings. The molecule has 3 aromatic carbocycles. The molecule has 0 bridgehead atoms. The highest BCUT2D eigenvalue weighted by Crippen LogP contribution is 2.32. The van der Waals surface area contributed by atoms with Crippen molar-refractivity contribution in [2.75, 3.05) is 25.6 Å². The van der Waals surface area contributed by atoms with E-state index in [1.54, 1.807) is 35.8 Å². The Morgan fingerprint density at radius 1 is 1.03 bits per heavy atom. The predicted octanol–water partition coefficient (Wildman–Crippen LogP) is 5.32. The Kier molecular flexibility index (Phi) is 8.20. The molecular formula is C29H32N4O4. The average Bonchev–Trinajstić information content (AvgIpc) is 2.92. The number of carbonyl (C=O) groups excluding carboxylic acids is 1. The summed E-state index contributed by atoms with van der Waals surface area (Å²) < 4.78 is 12.8. The number of fused-ring (bicyclic) bond motifs is 1. The van der Waals surface area contributed by atoms with Crippen molar-refractivity contribution in [1.29, 1.82) is 0 Å². The quantitative estimate of drug-likeness (QED) is 0.336. The van der Waals surface area contributed by atoms with Crippen molar-refractivity contribution in [2.24, 2.45) is 7.05 Å². The number of nitrogens with one attached hydrogen (secondary N) is 1. The van der Waals surface area contributed by atoms with Gasteiger partial charge in [0.25, 0.3) is 5.56 Å². The van der Waals surface area contributed by atoms with Crippen LogP contribution in [0.1, 0.15) is 37.2 Å². The van der Waals surface area contributed by atoms with Crippen molar-refractivity contribution in [3.05, 3.63) is 100 Å². The van der Waals surface area contributed by atoms with Gasteiger partial charge >= 0.3 is 6.03 Å². The van der Waals surface area contributed by atoms with Crippen LogP contribution in [0.5, 0.6) is 5.75 Å². The number of anilines is 1. The summed E-state index contributed by atoms with van der Waals surface area (Å²) in [5.74, 6) is 0.564. The normalized spacial score (nSPS) is 12.6. The molecule has 8 heteroatoms. The molecule has 2 atom stereocenters. The second-order valence-electron chi connectivity index (χ2n) is 8.67. The molecule has 0 unspecified atom stereocenters. The number of rotatable bonds is 9. The van der Waals surface area contributed by atoms with Gasteiger partial charge in [0.1, 0.15) is 11.4 Å². The number of urea groups is 1. The number of aryl methyl sites for hydroxylation is 1. The highest BCUT2D eigenvalue weighted by atomic mass is 16.5. The van der Waals surface area contributed by atoms with E-state index in [0.29, 0.717) is 23.6 Å². The molecule has 0 aliphatic carbocycles. The topological polar surface area (TPSA) is 85.7 Å². The van der Waals surface area contributed by atoms with Gasteiger partial charge < -0.3 is 24.3 Å². The van der Waals surface area contributed by atoms with E-state index in [0.717, 1.165) is 11.1 Å². The number of amides is 2. The molecule has 2 amide bonds. The van der Waals surface area contributed by atoms with Crippen LogP contribution < -0.4 is 15.6 Å². The van der Waals surface area contributed by atoms with Crippen LogP contribution in [0.25, 0.3) is 11.0 Å². The summed E-state index contributed by atoms with van der Waals surface area (Å²) in [6, 6.07) is 22.8. The zero-order valence-electron chi connectivity index (χ0n) is 21.5. The van der Waals surface area contributed by atoms with Gasteiger partial charge in [0.05, 0.1) is 42.0 Å². The highest BCUT2D eigenvalue weighted by Gasteiger charge is 2.33. The minimum atomic E-state index is -0.678. The second kappa shape index (κ2) is 11.7. The molecule has 1 aromatic heterocycles. The van der Waals surface area contributed by atoms with Gasteiger partial charge in [-0.2, -0.15) is 0 Å². The number of carbonyl (C=O) groups is 1. The molecule has 1 N–H and O–H groups in total. The summed E-state index contributed by atoms with van der Waals surface area (Å²) in [6.45, 7) is 4.39. The van der Waals surface area contributed by atoms with E-state index in [9.17, 15) is 9.59 Å². The molecular weight excluding hydrogens is 468 g/mol. The van der Waals surface area contributed by atoms with E-state index in [1.165, 1.54) is 0 Å². The van der Waals surface area contributed by atoms with Gasteiger partial charge in [-0.1, -0.05) is 54.6 Å². The van der Waals surface area contributed by atoms with Crippen molar-refractivity contribution < 1.29 is 14.3 Å². The van der Waals surface area contributed by atoms with Crippen LogP contribution in [0.3, 0.4) is 0 Å². The van der Waals surface area contributed by atoms with Crippen LogP contribution in [-0.2, 0) is 11.8 Å². The van der Waals surface area contributed by atoms with E-state index in [4.69, 9.17) is 14.5 Å². The molecule has 192 valence electrons. The average molecular weight is 501 g/mol. The number of hydrogen-bond acceptors (Lipinski definition) is 5. The van der Waals surface area contributed by atoms with Crippen LogP contribution in [-0.4, -0.2) is 40.8 Å².